The molecule has 2 N–H and O–H groups in total. The summed E-state index contributed by atoms with van der Waals surface area (Å²) in [7, 11) is 4.05. The van der Waals surface area contributed by atoms with Crippen molar-refractivity contribution in [2.75, 3.05) is 24.7 Å². The molecule has 2 rings (SSSR count). The van der Waals surface area contributed by atoms with Crippen LogP contribution in [0.2, 0.25) is 0 Å². The van der Waals surface area contributed by atoms with Gasteiger partial charge in [-0.1, -0.05) is 24.3 Å². The minimum absolute atomic E-state index is 0.787. The Bertz CT molecular complexity index is 490. The first kappa shape index (κ1) is 10.6. The van der Waals surface area contributed by atoms with Gasteiger partial charge in [-0.25, -0.2) is 0 Å². The molecule has 0 unspecified atom stereocenters. The van der Waals surface area contributed by atoms with Crippen LogP contribution in [0, 0.1) is 6.07 Å². The number of hydrogen-bond acceptors (Lipinski definition) is 2. The average Bonchev–Trinajstić information content (AvgIpc) is 2.29. The van der Waals surface area contributed by atoms with Crippen LogP contribution in [0.15, 0.2) is 42.5 Å². The summed E-state index contributed by atoms with van der Waals surface area (Å²) in [5, 5.41) is 0. The fourth-order valence-electron chi connectivity index (χ4n) is 1.74. The van der Waals surface area contributed by atoms with E-state index in [0.717, 1.165) is 16.9 Å². The number of rotatable bonds is 2. The van der Waals surface area contributed by atoms with Gasteiger partial charge in [-0.3, -0.25) is 0 Å². The van der Waals surface area contributed by atoms with E-state index in [9.17, 15) is 0 Å². The van der Waals surface area contributed by atoms with E-state index >= 15 is 0 Å². The molecular formula is C14H15N2. The molecule has 81 valence electrons. The summed E-state index contributed by atoms with van der Waals surface area (Å²) in [6.07, 6.45) is 0. The zero-order valence-corrected chi connectivity index (χ0v) is 9.57. The van der Waals surface area contributed by atoms with Crippen molar-refractivity contribution in [2.24, 2.45) is 0 Å². The molecule has 2 nitrogen and oxygen atoms in total. The van der Waals surface area contributed by atoms with E-state index in [1.165, 1.54) is 5.56 Å². The Morgan fingerprint density at radius 1 is 1.19 bits per heavy atom. The van der Waals surface area contributed by atoms with Crippen LogP contribution in [-0.2, 0) is 0 Å². The molecule has 2 heteroatoms. The fraction of sp³-hybridized carbons (Fsp3) is 0.143. The molecule has 0 amide bonds. The molecule has 0 aliphatic rings. The lowest BCUT2D eigenvalue weighted by molar-refractivity contribution is 1.13. The molecule has 16 heavy (non-hydrogen) atoms. The van der Waals surface area contributed by atoms with E-state index in [0.29, 0.717) is 0 Å². The summed E-state index contributed by atoms with van der Waals surface area (Å²) >= 11 is 0. The molecule has 0 atom stereocenters. The van der Waals surface area contributed by atoms with Gasteiger partial charge in [0.25, 0.3) is 0 Å². The van der Waals surface area contributed by atoms with Gasteiger partial charge in [-0.15, -0.1) is 0 Å². The zero-order chi connectivity index (χ0) is 11.5. The molecule has 0 saturated carbocycles. The molecule has 0 fully saturated rings. The Hall–Kier alpha value is -1.96. The smallest absolute Gasteiger partial charge is 0.0446 e. The third-order valence-corrected chi connectivity index (χ3v) is 2.52. The van der Waals surface area contributed by atoms with Gasteiger partial charge in [0.15, 0.2) is 0 Å². The number of nitrogens with zero attached hydrogens (tertiary/aromatic N) is 1. The van der Waals surface area contributed by atoms with Crippen molar-refractivity contribution < 1.29 is 0 Å². The van der Waals surface area contributed by atoms with Crippen LogP contribution in [0.4, 0.5) is 11.4 Å². The van der Waals surface area contributed by atoms with E-state index in [1.807, 2.05) is 44.4 Å². The van der Waals surface area contributed by atoms with Crippen LogP contribution < -0.4 is 10.6 Å². The summed E-state index contributed by atoms with van der Waals surface area (Å²) in [4.78, 5) is 2.08. The quantitative estimate of drug-likeness (QED) is 0.774. The highest BCUT2D eigenvalue weighted by Crippen LogP contribution is 2.30. The van der Waals surface area contributed by atoms with E-state index in [1.54, 1.807) is 0 Å². The fourth-order valence-corrected chi connectivity index (χ4v) is 1.74. The minimum atomic E-state index is 0.787. The van der Waals surface area contributed by atoms with Gasteiger partial charge in [0, 0.05) is 31.0 Å². The van der Waals surface area contributed by atoms with Crippen molar-refractivity contribution in [3.05, 3.63) is 48.5 Å². The molecule has 0 aliphatic heterocycles. The summed E-state index contributed by atoms with van der Waals surface area (Å²) in [5.74, 6) is 0. The Morgan fingerprint density at radius 3 is 2.69 bits per heavy atom. The molecule has 0 heterocycles. The first-order chi connectivity index (χ1) is 7.68. The summed E-state index contributed by atoms with van der Waals surface area (Å²) < 4.78 is 0. The third-order valence-electron chi connectivity index (χ3n) is 2.52. The Kier molecular flexibility index (Phi) is 2.82. The number of nitrogen functional groups attached to an aromatic ring is 1. The Balaban J connectivity index is 2.55. The molecule has 2 aromatic carbocycles. The topological polar surface area (TPSA) is 29.3 Å². The zero-order valence-electron chi connectivity index (χ0n) is 9.57. The van der Waals surface area contributed by atoms with Crippen molar-refractivity contribution in [3.8, 4) is 11.1 Å². The number of anilines is 2. The van der Waals surface area contributed by atoms with E-state index in [2.05, 4.69) is 23.1 Å². The average molecular weight is 211 g/mol. The Labute approximate surface area is 96.3 Å². The maximum absolute atomic E-state index is 5.80. The summed E-state index contributed by atoms with van der Waals surface area (Å²) in [6.45, 7) is 0. The maximum atomic E-state index is 5.80. The molecule has 1 radical (unpaired) electrons. The van der Waals surface area contributed by atoms with Crippen molar-refractivity contribution in [1.29, 1.82) is 0 Å². The lowest BCUT2D eigenvalue weighted by Gasteiger charge is -2.17. The highest BCUT2D eigenvalue weighted by Gasteiger charge is 2.05. The molecule has 2 aromatic rings. The second kappa shape index (κ2) is 4.27. The normalized spacial score (nSPS) is 10.1. The van der Waals surface area contributed by atoms with Crippen molar-refractivity contribution >= 4 is 11.4 Å². The van der Waals surface area contributed by atoms with Crippen LogP contribution in [-0.4, -0.2) is 14.1 Å². The van der Waals surface area contributed by atoms with E-state index in [-0.39, 0.29) is 0 Å². The number of benzene rings is 2. The minimum Gasteiger partial charge on any atom is -0.399 e. The maximum Gasteiger partial charge on any atom is 0.0446 e. The third kappa shape index (κ3) is 2.01. The van der Waals surface area contributed by atoms with Crippen LogP contribution in [0.3, 0.4) is 0 Å². The summed E-state index contributed by atoms with van der Waals surface area (Å²) in [6, 6.07) is 17.0. The van der Waals surface area contributed by atoms with Gasteiger partial charge >= 0.3 is 0 Å². The second-order valence-electron chi connectivity index (χ2n) is 3.96. The largest absolute Gasteiger partial charge is 0.399 e. The van der Waals surface area contributed by atoms with Crippen LogP contribution in [0.25, 0.3) is 11.1 Å². The van der Waals surface area contributed by atoms with Gasteiger partial charge in [-0.05, 0) is 29.8 Å². The highest BCUT2D eigenvalue weighted by molar-refractivity contribution is 5.79. The van der Waals surface area contributed by atoms with Gasteiger partial charge in [0.2, 0.25) is 0 Å². The van der Waals surface area contributed by atoms with Crippen LogP contribution >= 0.6 is 0 Å². The molecule has 0 aliphatic carbocycles. The molecular weight excluding hydrogens is 196 g/mol. The first-order valence-corrected chi connectivity index (χ1v) is 5.22. The van der Waals surface area contributed by atoms with Gasteiger partial charge in [-0.2, -0.15) is 0 Å². The van der Waals surface area contributed by atoms with Crippen molar-refractivity contribution in [1.82, 2.24) is 0 Å². The monoisotopic (exact) mass is 211 g/mol. The molecule has 0 bridgehead atoms. The standard InChI is InChI=1S/C14H15N2/c1-16(2)14-9-4-3-8-13(14)11-6-5-7-12(15)10-11/h3,5-10H,15H2,1-2H3. The lowest BCUT2D eigenvalue weighted by Crippen LogP contribution is -2.09. The van der Waals surface area contributed by atoms with E-state index in [4.69, 9.17) is 5.73 Å². The van der Waals surface area contributed by atoms with Gasteiger partial charge < -0.3 is 10.6 Å². The number of hydrogen-bond donors (Lipinski definition) is 1. The van der Waals surface area contributed by atoms with Gasteiger partial charge in [0.1, 0.15) is 0 Å². The predicted octanol–water partition coefficient (Wildman–Crippen LogP) is 2.80. The first-order valence-electron chi connectivity index (χ1n) is 5.22. The summed E-state index contributed by atoms with van der Waals surface area (Å²) in [5.41, 5.74) is 10.0. The van der Waals surface area contributed by atoms with Crippen molar-refractivity contribution in [2.45, 2.75) is 0 Å². The molecule has 0 aromatic heterocycles. The van der Waals surface area contributed by atoms with Crippen LogP contribution in [0.5, 0.6) is 0 Å². The van der Waals surface area contributed by atoms with Crippen molar-refractivity contribution in [3.63, 3.8) is 0 Å². The highest BCUT2D eigenvalue weighted by atomic mass is 15.1. The lowest BCUT2D eigenvalue weighted by atomic mass is 10.0. The molecule has 0 spiro atoms. The van der Waals surface area contributed by atoms with E-state index < -0.39 is 0 Å². The predicted molar refractivity (Wildman–Crippen MR) is 69.5 cm³/mol. The van der Waals surface area contributed by atoms with Gasteiger partial charge in [0.05, 0.1) is 0 Å². The number of nitrogens with two attached hydrogens (primary N) is 1. The van der Waals surface area contributed by atoms with Crippen LogP contribution in [0.1, 0.15) is 0 Å². The molecule has 0 saturated heterocycles. The SMILES string of the molecule is CN(C)c1c[c]ccc1-c1cccc(N)c1. The Morgan fingerprint density at radius 2 is 2.00 bits per heavy atom. The second-order valence-corrected chi connectivity index (χ2v) is 3.96.